The fourth-order valence-corrected chi connectivity index (χ4v) is 2.08. The summed E-state index contributed by atoms with van der Waals surface area (Å²) in [5, 5.41) is 3.01. The predicted molar refractivity (Wildman–Crippen MR) is 76.1 cm³/mol. The van der Waals surface area contributed by atoms with E-state index in [1.165, 1.54) is 7.11 Å². The Labute approximate surface area is 123 Å². The molecule has 2 rings (SSSR count). The zero-order chi connectivity index (χ0) is 15.1. The number of esters is 1. The van der Waals surface area contributed by atoms with Crippen molar-refractivity contribution in [2.24, 2.45) is 0 Å². The number of ether oxygens (including phenoxy) is 2. The smallest absolute Gasteiger partial charge is 0.341 e. The Morgan fingerprint density at radius 2 is 2.19 bits per heavy atom. The molecule has 0 aromatic carbocycles. The number of nitrogens with zero attached hydrogens (tertiary/aromatic N) is 2. The molecule has 21 heavy (non-hydrogen) atoms. The monoisotopic (exact) mass is 293 g/mol. The summed E-state index contributed by atoms with van der Waals surface area (Å²) in [6.45, 7) is 2.86. The molecule has 1 aromatic heterocycles. The highest BCUT2D eigenvalue weighted by Gasteiger charge is 2.17. The predicted octanol–water partition coefficient (Wildman–Crippen LogP) is 0.529. The molecule has 0 aliphatic carbocycles. The molecule has 0 saturated carbocycles. The maximum atomic E-state index is 12.0. The minimum atomic E-state index is -0.454. The molecule has 114 valence electrons. The quantitative estimate of drug-likeness (QED) is 0.798. The van der Waals surface area contributed by atoms with Crippen molar-refractivity contribution >= 4 is 17.7 Å². The number of hydrogen-bond donors (Lipinski definition) is 1. The first kappa shape index (κ1) is 15.2. The lowest BCUT2D eigenvalue weighted by molar-refractivity contribution is -0.134. The van der Waals surface area contributed by atoms with E-state index in [0.717, 1.165) is 0 Å². The Morgan fingerprint density at radius 3 is 2.90 bits per heavy atom. The van der Waals surface area contributed by atoms with Crippen LogP contribution in [0.3, 0.4) is 0 Å². The number of hydrogen-bond acceptors (Lipinski definition) is 6. The van der Waals surface area contributed by atoms with Crippen molar-refractivity contribution in [2.75, 3.05) is 45.3 Å². The van der Waals surface area contributed by atoms with Crippen LogP contribution in [0.15, 0.2) is 18.3 Å². The number of carbonyl (C=O) groups is 2. The van der Waals surface area contributed by atoms with Gasteiger partial charge in [0.05, 0.1) is 20.3 Å². The maximum Gasteiger partial charge on any atom is 0.341 e. The Kier molecular flexibility index (Phi) is 5.51. The molecule has 1 saturated heterocycles. The number of rotatable bonds is 5. The molecule has 0 spiro atoms. The van der Waals surface area contributed by atoms with E-state index in [1.54, 1.807) is 23.2 Å². The van der Waals surface area contributed by atoms with Gasteiger partial charge in [0.2, 0.25) is 5.91 Å². The molecule has 2 heterocycles. The van der Waals surface area contributed by atoms with Crippen molar-refractivity contribution in [2.45, 2.75) is 6.42 Å². The first-order valence-electron chi connectivity index (χ1n) is 6.85. The Hall–Kier alpha value is -2.15. The third-order valence-corrected chi connectivity index (χ3v) is 3.21. The van der Waals surface area contributed by atoms with Gasteiger partial charge in [0.15, 0.2) is 0 Å². The minimum absolute atomic E-state index is 0.0707. The van der Waals surface area contributed by atoms with Crippen LogP contribution in [0.2, 0.25) is 0 Å². The van der Waals surface area contributed by atoms with Gasteiger partial charge in [-0.15, -0.1) is 0 Å². The average Bonchev–Trinajstić information content (AvgIpc) is 2.55. The molecule has 7 heteroatoms. The largest absolute Gasteiger partial charge is 0.465 e. The first-order chi connectivity index (χ1) is 10.2. The number of anilines is 1. The average molecular weight is 293 g/mol. The molecular weight excluding hydrogens is 274 g/mol. The van der Waals surface area contributed by atoms with Crippen LogP contribution in [0.4, 0.5) is 5.82 Å². The number of morpholine rings is 1. The molecule has 0 bridgehead atoms. The van der Waals surface area contributed by atoms with Crippen molar-refractivity contribution in [3.63, 3.8) is 0 Å². The highest BCUT2D eigenvalue weighted by Crippen LogP contribution is 2.12. The number of amides is 1. The van der Waals surface area contributed by atoms with Gasteiger partial charge in [-0.25, -0.2) is 9.78 Å². The number of nitrogens with one attached hydrogen (secondary N) is 1. The van der Waals surface area contributed by atoms with E-state index in [4.69, 9.17) is 9.47 Å². The van der Waals surface area contributed by atoms with Crippen LogP contribution in [0, 0.1) is 0 Å². The van der Waals surface area contributed by atoms with E-state index >= 15 is 0 Å². The highest BCUT2D eigenvalue weighted by molar-refractivity contribution is 5.94. The third-order valence-electron chi connectivity index (χ3n) is 3.21. The molecule has 7 nitrogen and oxygen atoms in total. The van der Waals surface area contributed by atoms with Crippen LogP contribution in [-0.2, 0) is 14.3 Å². The van der Waals surface area contributed by atoms with Gasteiger partial charge in [-0.05, 0) is 12.1 Å². The second-order valence-corrected chi connectivity index (χ2v) is 4.56. The van der Waals surface area contributed by atoms with Crippen molar-refractivity contribution in [1.29, 1.82) is 0 Å². The standard InChI is InChI=1S/C14H19N3O4/c1-20-14(19)11-3-2-5-15-13(11)16-6-4-12(18)17-7-9-21-10-8-17/h2-3,5H,4,6-10H2,1H3,(H,15,16). The van der Waals surface area contributed by atoms with Gasteiger partial charge in [0, 0.05) is 32.3 Å². The fraction of sp³-hybridized carbons (Fsp3) is 0.500. The third kappa shape index (κ3) is 4.16. The maximum absolute atomic E-state index is 12.0. The summed E-state index contributed by atoms with van der Waals surface area (Å²) >= 11 is 0. The van der Waals surface area contributed by atoms with E-state index in [1.807, 2.05) is 0 Å². The van der Waals surface area contributed by atoms with E-state index in [2.05, 4.69) is 10.3 Å². The topological polar surface area (TPSA) is 80.8 Å². The number of carbonyl (C=O) groups excluding carboxylic acids is 2. The van der Waals surface area contributed by atoms with Gasteiger partial charge in [0.25, 0.3) is 0 Å². The van der Waals surface area contributed by atoms with E-state index < -0.39 is 5.97 Å². The van der Waals surface area contributed by atoms with Crippen LogP contribution in [0.5, 0.6) is 0 Å². The normalized spacial score (nSPS) is 14.6. The zero-order valence-corrected chi connectivity index (χ0v) is 12.0. The molecule has 1 fully saturated rings. The highest BCUT2D eigenvalue weighted by atomic mass is 16.5. The number of methoxy groups -OCH3 is 1. The van der Waals surface area contributed by atoms with Gasteiger partial charge >= 0.3 is 5.97 Å². The summed E-state index contributed by atoms with van der Waals surface area (Å²) in [5.74, 6) is 0.0468. The molecule has 1 aliphatic rings. The lowest BCUT2D eigenvalue weighted by Gasteiger charge is -2.26. The van der Waals surface area contributed by atoms with E-state index in [9.17, 15) is 9.59 Å². The molecule has 0 unspecified atom stereocenters. The van der Waals surface area contributed by atoms with E-state index in [-0.39, 0.29) is 5.91 Å². The van der Waals surface area contributed by atoms with Gasteiger partial charge < -0.3 is 19.7 Å². The molecule has 1 aromatic rings. The molecular formula is C14H19N3O4. The zero-order valence-electron chi connectivity index (χ0n) is 12.0. The Bertz CT molecular complexity index is 501. The van der Waals surface area contributed by atoms with Crippen molar-refractivity contribution in [3.05, 3.63) is 23.9 Å². The fourth-order valence-electron chi connectivity index (χ4n) is 2.08. The van der Waals surface area contributed by atoms with Crippen LogP contribution in [0.1, 0.15) is 16.8 Å². The lowest BCUT2D eigenvalue weighted by atomic mass is 10.2. The van der Waals surface area contributed by atoms with E-state index in [0.29, 0.717) is 50.7 Å². The van der Waals surface area contributed by atoms with Crippen LogP contribution >= 0.6 is 0 Å². The second kappa shape index (κ2) is 7.58. The van der Waals surface area contributed by atoms with Gasteiger partial charge in [-0.1, -0.05) is 0 Å². The summed E-state index contributed by atoms with van der Waals surface area (Å²) in [6.07, 6.45) is 1.93. The lowest BCUT2D eigenvalue weighted by Crippen LogP contribution is -2.41. The molecule has 0 radical (unpaired) electrons. The van der Waals surface area contributed by atoms with Crippen LogP contribution in [0.25, 0.3) is 0 Å². The summed E-state index contributed by atoms with van der Waals surface area (Å²) < 4.78 is 9.90. The van der Waals surface area contributed by atoms with Crippen LogP contribution < -0.4 is 5.32 Å². The molecule has 1 aliphatic heterocycles. The Morgan fingerprint density at radius 1 is 1.43 bits per heavy atom. The van der Waals surface area contributed by atoms with Crippen molar-refractivity contribution < 1.29 is 19.1 Å². The summed E-state index contributed by atoms with van der Waals surface area (Å²) in [4.78, 5) is 29.5. The van der Waals surface area contributed by atoms with Crippen molar-refractivity contribution in [1.82, 2.24) is 9.88 Å². The summed E-state index contributed by atoms with van der Waals surface area (Å²) in [6, 6.07) is 3.29. The Balaban J connectivity index is 1.85. The van der Waals surface area contributed by atoms with Crippen molar-refractivity contribution in [3.8, 4) is 0 Å². The van der Waals surface area contributed by atoms with Gasteiger partial charge in [-0.3, -0.25) is 4.79 Å². The SMILES string of the molecule is COC(=O)c1cccnc1NCCC(=O)N1CCOCC1. The summed E-state index contributed by atoms with van der Waals surface area (Å²) in [7, 11) is 1.32. The molecule has 1 amide bonds. The minimum Gasteiger partial charge on any atom is -0.465 e. The number of pyridine rings is 1. The molecule has 1 N–H and O–H groups in total. The second-order valence-electron chi connectivity index (χ2n) is 4.56. The van der Waals surface area contributed by atoms with Gasteiger partial charge in [-0.2, -0.15) is 0 Å². The summed E-state index contributed by atoms with van der Waals surface area (Å²) in [5.41, 5.74) is 0.360. The first-order valence-corrected chi connectivity index (χ1v) is 6.85. The van der Waals surface area contributed by atoms with Gasteiger partial charge in [0.1, 0.15) is 11.4 Å². The number of aromatic nitrogens is 1. The molecule has 0 atom stereocenters. The van der Waals surface area contributed by atoms with Crippen LogP contribution in [-0.4, -0.2) is 61.7 Å².